The molecular formula is C17H24O6. The Morgan fingerprint density at radius 2 is 1.87 bits per heavy atom. The first-order valence-electron chi connectivity index (χ1n) is 7.86. The predicted molar refractivity (Wildman–Crippen MR) is 83.4 cm³/mol. The van der Waals surface area contributed by atoms with Crippen LogP contribution in [0.3, 0.4) is 0 Å². The Labute approximate surface area is 136 Å². The molecule has 0 aliphatic rings. The monoisotopic (exact) mass is 324 g/mol. The number of unbranched alkanes of at least 4 members (excludes halogenated alkanes) is 1. The highest BCUT2D eigenvalue weighted by Gasteiger charge is 2.15. The number of hydrogen-bond donors (Lipinski definition) is 0. The van der Waals surface area contributed by atoms with E-state index < -0.39 is 12.1 Å². The van der Waals surface area contributed by atoms with Gasteiger partial charge in [0.1, 0.15) is 0 Å². The minimum absolute atomic E-state index is 0.254. The molecule has 1 unspecified atom stereocenters. The van der Waals surface area contributed by atoms with Gasteiger partial charge < -0.3 is 4.74 Å². The summed E-state index contributed by atoms with van der Waals surface area (Å²) < 4.78 is 4.93. The van der Waals surface area contributed by atoms with Crippen molar-refractivity contribution in [3.05, 3.63) is 35.4 Å². The summed E-state index contributed by atoms with van der Waals surface area (Å²) in [6.45, 7) is 6.16. The van der Waals surface area contributed by atoms with Gasteiger partial charge in [0, 0.05) is 0 Å². The van der Waals surface area contributed by atoms with Gasteiger partial charge in [-0.05, 0) is 30.9 Å². The fraction of sp³-hybridized carbons (Fsp3) is 0.529. The summed E-state index contributed by atoms with van der Waals surface area (Å²) in [5.41, 5.74) is 1.06. The van der Waals surface area contributed by atoms with Crippen molar-refractivity contribution >= 4 is 12.1 Å². The van der Waals surface area contributed by atoms with Crippen molar-refractivity contribution in [3.63, 3.8) is 0 Å². The molecule has 0 spiro atoms. The van der Waals surface area contributed by atoms with Gasteiger partial charge in [0.05, 0.1) is 17.2 Å². The molecule has 1 atom stereocenters. The maximum absolute atomic E-state index is 11.7. The van der Waals surface area contributed by atoms with E-state index in [1.54, 1.807) is 31.2 Å². The number of rotatable bonds is 9. The van der Waals surface area contributed by atoms with Gasteiger partial charge in [0.25, 0.3) is 0 Å². The molecule has 0 saturated heterocycles. The predicted octanol–water partition coefficient (Wildman–Crippen LogP) is 4.37. The zero-order valence-corrected chi connectivity index (χ0v) is 13.9. The Kier molecular flexibility index (Phi) is 8.75. The van der Waals surface area contributed by atoms with Gasteiger partial charge in [-0.1, -0.05) is 51.3 Å². The molecule has 0 radical (unpaired) electrons. The molecule has 1 aromatic rings. The Hall–Kier alpha value is -2.08. The standard InChI is InChI=1S/C17H24O6/c1-4-6-10-14(5-2)12-20-17(19)22-23-21-16(18)15-11-8-7-9-13(15)3/h7-9,11,14H,4-6,10,12H2,1-3H3. The molecule has 1 rings (SSSR count). The van der Waals surface area contributed by atoms with Gasteiger partial charge in [-0.15, -0.1) is 0 Å². The molecule has 0 aromatic heterocycles. The van der Waals surface area contributed by atoms with Crippen LogP contribution in [-0.2, 0) is 19.6 Å². The van der Waals surface area contributed by atoms with Crippen LogP contribution >= 0.6 is 0 Å². The molecule has 0 bridgehead atoms. The van der Waals surface area contributed by atoms with Crippen molar-refractivity contribution in [1.29, 1.82) is 0 Å². The second-order valence-electron chi connectivity index (χ2n) is 5.31. The molecule has 0 saturated carbocycles. The van der Waals surface area contributed by atoms with E-state index in [1.807, 2.05) is 6.92 Å². The van der Waals surface area contributed by atoms with Crippen molar-refractivity contribution in [2.24, 2.45) is 5.92 Å². The summed E-state index contributed by atoms with van der Waals surface area (Å²) in [5.74, 6) is -0.456. The van der Waals surface area contributed by atoms with Crippen LogP contribution in [0.25, 0.3) is 0 Å². The average Bonchev–Trinajstić information content (AvgIpc) is 2.55. The fourth-order valence-electron chi connectivity index (χ4n) is 2.03. The molecule has 0 amide bonds. The van der Waals surface area contributed by atoms with E-state index in [2.05, 4.69) is 21.7 Å². The molecule has 23 heavy (non-hydrogen) atoms. The Bertz CT molecular complexity index is 500. The highest BCUT2D eigenvalue weighted by molar-refractivity contribution is 5.90. The van der Waals surface area contributed by atoms with Gasteiger partial charge in [-0.2, -0.15) is 0 Å². The lowest BCUT2D eigenvalue weighted by Crippen LogP contribution is -2.16. The molecule has 6 heteroatoms. The van der Waals surface area contributed by atoms with Crippen LogP contribution in [-0.4, -0.2) is 18.7 Å². The van der Waals surface area contributed by atoms with Crippen molar-refractivity contribution in [1.82, 2.24) is 0 Å². The highest BCUT2D eigenvalue weighted by atomic mass is 17.5. The maximum atomic E-state index is 11.7. The summed E-state index contributed by atoms with van der Waals surface area (Å²) in [5, 5.41) is 4.19. The SMILES string of the molecule is CCCCC(CC)COC(=O)OOOC(=O)c1ccccc1C. The fourth-order valence-corrected chi connectivity index (χ4v) is 2.03. The van der Waals surface area contributed by atoms with Crippen LogP contribution in [0.5, 0.6) is 0 Å². The van der Waals surface area contributed by atoms with Gasteiger partial charge in [0.15, 0.2) is 0 Å². The van der Waals surface area contributed by atoms with Crippen molar-refractivity contribution < 1.29 is 29.1 Å². The van der Waals surface area contributed by atoms with Crippen LogP contribution in [0.1, 0.15) is 55.5 Å². The number of aryl methyl sites for hydroxylation is 1. The van der Waals surface area contributed by atoms with Crippen LogP contribution in [0.2, 0.25) is 0 Å². The second kappa shape index (κ2) is 10.6. The first kappa shape index (κ1) is 19.0. The number of hydrogen-bond acceptors (Lipinski definition) is 6. The molecule has 6 nitrogen and oxygen atoms in total. The molecule has 0 heterocycles. The summed E-state index contributed by atoms with van der Waals surface area (Å²) in [6.07, 6.45) is 3.05. The minimum Gasteiger partial charge on any atom is -0.432 e. The molecular weight excluding hydrogens is 300 g/mol. The quantitative estimate of drug-likeness (QED) is 0.381. The Morgan fingerprint density at radius 1 is 1.13 bits per heavy atom. The van der Waals surface area contributed by atoms with Crippen molar-refractivity contribution in [3.8, 4) is 0 Å². The third-order valence-corrected chi connectivity index (χ3v) is 3.56. The van der Waals surface area contributed by atoms with Gasteiger partial charge >= 0.3 is 12.1 Å². The summed E-state index contributed by atoms with van der Waals surface area (Å²) in [6, 6.07) is 6.83. The number of carbonyl (C=O) groups is 2. The second-order valence-corrected chi connectivity index (χ2v) is 5.31. The molecule has 128 valence electrons. The zero-order valence-electron chi connectivity index (χ0n) is 13.9. The summed E-state index contributed by atoms with van der Waals surface area (Å²) in [4.78, 5) is 31.7. The highest BCUT2D eigenvalue weighted by Crippen LogP contribution is 2.13. The lowest BCUT2D eigenvalue weighted by atomic mass is 10.0. The third kappa shape index (κ3) is 7.15. The average molecular weight is 324 g/mol. The lowest BCUT2D eigenvalue weighted by molar-refractivity contribution is -0.452. The third-order valence-electron chi connectivity index (χ3n) is 3.56. The van der Waals surface area contributed by atoms with E-state index in [0.29, 0.717) is 5.56 Å². The number of benzene rings is 1. The molecule has 0 N–H and O–H groups in total. The first-order chi connectivity index (χ1) is 11.1. The van der Waals surface area contributed by atoms with E-state index >= 15 is 0 Å². The van der Waals surface area contributed by atoms with Crippen LogP contribution in [0.15, 0.2) is 24.3 Å². The van der Waals surface area contributed by atoms with E-state index in [0.717, 1.165) is 31.2 Å². The van der Waals surface area contributed by atoms with E-state index in [1.165, 1.54) is 0 Å². The molecule has 1 aromatic carbocycles. The van der Waals surface area contributed by atoms with Crippen LogP contribution in [0, 0.1) is 12.8 Å². The largest absolute Gasteiger partial charge is 0.543 e. The summed E-state index contributed by atoms with van der Waals surface area (Å²) >= 11 is 0. The van der Waals surface area contributed by atoms with Crippen molar-refractivity contribution in [2.45, 2.75) is 46.5 Å². The minimum atomic E-state index is -1.03. The molecule has 0 aliphatic carbocycles. The lowest BCUT2D eigenvalue weighted by Gasteiger charge is -2.13. The van der Waals surface area contributed by atoms with Gasteiger partial charge in [-0.3, -0.25) is 4.89 Å². The Morgan fingerprint density at radius 3 is 2.52 bits per heavy atom. The topological polar surface area (TPSA) is 71.1 Å². The molecule has 0 fully saturated rings. The maximum Gasteiger partial charge on any atom is 0.543 e. The smallest absolute Gasteiger partial charge is 0.432 e. The van der Waals surface area contributed by atoms with E-state index in [9.17, 15) is 9.59 Å². The zero-order chi connectivity index (χ0) is 17.1. The van der Waals surface area contributed by atoms with Gasteiger partial charge in [-0.25, -0.2) is 14.5 Å². The number of carbonyl (C=O) groups excluding carboxylic acids is 2. The van der Waals surface area contributed by atoms with Gasteiger partial charge in [0.2, 0.25) is 0 Å². The van der Waals surface area contributed by atoms with Crippen LogP contribution in [0.4, 0.5) is 4.79 Å². The first-order valence-corrected chi connectivity index (χ1v) is 7.86. The molecule has 0 aliphatic heterocycles. The van der Waals surface area contributed by atoms with E-state index in [-0.39, 0.29) is 12.5 Å². The Balaban J connectivity index is 2.26. The normalized spacial score (nSPS) is 11.6. The number of ether oxygens (including phenoxy) is 1. The van der Waals surface area contributed by atoms with Crippen LogP contribution < -0.4 is 0 Å². The van der Waals surface area contributed by atoms with Crippen molar-refractivity contribution in [2.75, 3.05) is 6.61 Å². The van der Waals surface area contributed by atoms with E-state index in [4.69, 9.17) is 4.74 Å². The summed E-state index contributed by atoms with van der Waals surface area (Å²) in [7, 11) is 0.